The van der Waals surface area contributed by atoms with E-state index in [1.165, 1.54) is 48.5 Å². The number of carbonyl (C=O) groups excluding carboxylic acids is 6. The lowest BCUT2D eigenvalue weighted by Crippen LogP contribution is -2.66. The van der Waals surface area contributed by atoms with Crippen molar-refractivity contribution in [2.45, 2.75) is 73.5 Å². The summed E-state index contributed by atoms with van der Waals surface area (Å²) in [6.07, 6.45) is -13.7. The summed E-state index contributed by atoms with van der Waals surface area (Å²) < 4.78 is 56.8. The van der Waals surface area contributed by atoms with E-state index in [0.29, 0.717) is 0 Å². The minimum atomic E-state index is -1.77. The number of benzene rings is 6. The van der Waals surface area contributed by atoms with Crippen LogP contribution in [0.15, 0.2) is 182 Å². The number of carbonyl (C=O) groups is 6. The summed E-state index contributed by atoms with van der Waals surface area (Å²) in [7, 11) is 0. The van der Waals surface area contributed by atoms with Crippen molar-refractivity contribution in [3.05, 3.63) is 215 Å². The van der Waals surface area contributed by atoms with E-state index < -0.39 is 103 Å². The van der Waals surface area contributed by atoms with Crippen LogP contribution in [0, 0.1) is 0 Å². The standard InChI is InChI=1S/C55H47BrO15/c1-2-40-42(66-50(58)35-23-11-4-12-24-35)45(68-52(60)37-27-15-6-16-28-37)47(70-54(62)39-31-19-8-20-32-39)55(65-40)71-43-41(33-63-49(57)34-21-9-3-10-22-34)64-48(56)46(69-53(61)38-29-17-7-18-30-38)44(43)67-51(59)36-25-13-5-14-26-36/h3-32,40-48,55H,2,33H2,1H3/t40?,41?,42-,43-,44?,45+,46+,47?,48?,55-/m1/s1. The molecule has 2 fully saturated rings. The van der Waals surface area contributed by atoms with Crippen molar-refractivity contribution in [1.82, 2.24) is 0 Å². The van der Waals surface area contributed by atoms with Crippen LogP contribution in [0.3, 0.4) is 0 Å². The second-order valence-corrected chi connectivity index (χ2v) is 17.1. The molecule has 0 aromatic heterocycles. The molecule has 8 rings (SSSR count). The molecule has 364 valence electrons. The van der Waals surface area contributed by atoms with E-state index >= 15 is 0 Å². The van der Waals surface area contributed by atoms with E-state index in [-0.39, 0.29) is 39.8 Å². The maximum atomic E-state index is 14.3. The van der Waals surface area contributed by atoms with Crippen molar-refractivity contribution in [3.8, 4) is 0 Å². The van der Waals surface area contributed by atoms with Crippen LogP contribution in [-0.2, 0) is 42.6 Å². The lowest BCUT2D eigenvalue weighted by molar-refractivity contribution is -0.332. The summed E-state index contributed by atoms with van der Waals surface area (Å²) in [5, 5.41) is -1.23. The van der Waals surface area contributed by atoms with E-state index in [1.54, 1.807) is 140 Å². The van der Waals surface area contributed by atoms with Gasteiger partial charge in [-0.2, -0.15) is 0 Å². The maximum absolute atomic E-state index is 14.3. The van der Waals surface area contributed by atoms with Gasteiger partial charge in [-0.25, -0.2) is 28.8 Å². The van der Waals surface area contributed by atoms with Crippen molar-refractivity contribution >= 4 is 51.7 Å². The second kappa shape index (κ2) is 23.9. The third-order valence-electron chi connectivity index (χ3n) is 11.5. The van der Waals surface area contributed by atoms with E-state index in [2.05, 4.69) is 15.9 Å². The molecule has 10 atom stereocenters. The highest BCUT2D eigenvalue weighted by molar-refractivity contribution is 9.09. The Balaban J connectivity index is 1.24. The summed E-state index contributed by atoms with van der Waals surface area (Å²) in [5.74, 6) is -5.00. The lowest BCUT2D eigenvalue weighted by Gasteiger charge is -2.48. The molecule has 0 bridgehead atoms. The molecule has 71 heavy (non-hydrogen) atoms. The molecule has 6 aromatic rings. The van der Waals surface area contributed by atoms with Crippen molar-refractivity contribution in [2.24, 2.45) is 0 Å². The molecule has 15 nitrogen and oxygen atoms in total. The quantitative estimate of drug-likeness (QED) is 0.0509. The summed E-state index contributed by atoms with van der Waals surface area (Å²) >= 11 is 3.49. The first-order valence-corrected chi connectivity index (χ1v) is 23.6. The zero-order valence-electron chi connectivity index (χ0n) is 38.0. The number of alkyl halides is 1. The monoisotopic (exact) mass is 1030 g/mol. The minimum absolute atomic E-state index is 0.0891. The van der Waals surface area contributed by atoms with Crippen molar-refractivity contribution in [3.63, 3.8) is 0 Å². The number of halogens is 1. The normalized spacial score (nSPS) is 23.7. The SMILES string of the molecule is CCC1O[C@H](O[C@@H]2C(COC(=O)c3ccccc3)OC(Br)[C@@H](OC(=O)c3ccccc3)C2OC(=O)c2ccccc2)C(OC(=O)c2ccccc2)[C@@H](OC(=O)c2ccccc2)[C@@H]1OC(=O)c1ccccc1. The third kappa shape index (κ3) is 12.5. The highest BCUT2D eigenvalue weighted by Crippen LogP contribution is 2.38. The molecule has 0 radical (unpaired) electrons. The van der Waals surface area contributed by atoms with Gasteiger partial charge >= 0.3 is 35.8 Å². The highest BCUT2D eigenvalue weighted by Gasteiger charge is 2.57. The van der Waals surface area contributed by atoms with Crippen LogP contribution < -0.4 is 0 Å². The number of ether oxygens (including phenoxy) is 9. The lowest BCUT2D eigenvalue weighted by atomic mass is 9.95. The average molecular weight is 1030 g/mol. The number of esters is 6. The van der Waals surface area contributed by atoms with Gasteiger partial charge in [0, 0.05) is 0 Å². The fraction of sp³-hybridized carbons (Fsp3) is 0.236. The molecule has 5 unspecified atom stereocenters. The van der Waals surface area contributed by atoms with Crippen LogP contribution >= 0.6 is 15.9 Å². The first-order valence-electron chi connectivity index (χ1n) is 22.7. The van der Waals surface area contributed by atoms with Crippen molar-refractivity contribution in [1.29, 1.82) is 0 Å². The van der Waals surface area contributed by atoms with E-state index in [1.807, 2.05) is 0 Å². The predicted molar refractivity (Wildman–Crippen MR) is 256 cm³/mol. The number of hydrogen-bond acceptors (Lipinski definition) is 15. The van der Waals surface area contributed by atoms with Gasteiger partial charge < -0.3 is 42.6 Å². The molecule has 16 heteroatoms. The third-order valence-corrected chi connectivity index (χ3v) is 12.3. The fourth-order valence-corrected chi connectivity index (χ4v) is 8.63. The Bertz CT molecular complexity index is 2730. The van der Waals surface area contributed by atoms with Crippen LogP contribution in [-0.4, -0.2) is 103 Å². The Labute approximate surface area is 416 Å². The van der Waals surface area contributed by atoms with Crippen LogP contribution in [0.25, 0.3) is 0 Å². The molecular weight excluding hydrogens is 980 g/mol. The van der Waals surface area contributed by atoms with Crippen molar-refractivity contribution in [2.75, 3.05) is 6.61 Å². The Morgan fingerprint density at radius 3 is 1.06 bits per heavy atom. The van der Waals surface area contributed by atoms with Gasteiger partial charge in [-0.1, -0.05) is 132 Å². The first-order chi connectivity index (χ1) is 34.6. The molecule has 0 saturated carbocycles. The van der Waals surface area contributed by atoms with Gasteiger partial charge in [-0.15, -0.1) is 0 Å². The Kier molecular flexibility index (Phi) is 16.8. The summed E-state index contributed by atoms with van der Waals surface area (Å²) in [6, 6.07) is 48.3. The predicted octanol–water partition coefficient (Wildman–Crippen LogP) is 8.61. The molecule has 0 aliphatic carbocycles. The summed E-state index contributed by atoms with van der Waals surface area (Å²) in [5.41, 5.74) is 0.867. The van der Waals surface area contributed by atoms with Crippen LogP contribution in [0.1, 0.15) is 75.5 Å². The molecule has 0 amide bonds. The molecular formula is C55H47BrO15. The fourth-order valence-electron chi connectivity index (χ4n) is 7.94. The van der Waals surface area contributed by atoms with Gasteiger partial charge in [0.15, 0.2) is 41.8 Å². The Morgan fingerprint density at radius 1 is 0.380 bits per heavy atom. The van der Waals surface area contributed by atoms with Gasteiger partial charge in [0.1, 0.15) is 24.9 Å². The van der Waals surface area contributed by atoms with Crippen LogP contribution in [0.2, 0.25) is 0 Å². The maximum Gasteiger partial charge on any atom is 0.338 e. The van der Waals surface area contributed by atoms with Gasteiger partial charge in [-0.3, -0.25) is 0 Å². The molecule has 6 aromatic carbocycles. The zero-order valence-corrected chi connectivity index (χ0v) is 39.6. The summed E-state index contributed by atoms with van der Waals surface area (Å²) in [6.45, 7) is 1.19. The molecule has 0 spiro atoms. The van der Waals surface area contributed by atoms with Crippen LogP contribution in [0.4, 0.5) is 0 Å². The minimum Gasteiger partial charge on any atom is -0.459 e. The molecule has 2 aliphatic rings. The highest BCUT2D eigenvalue weighted by atomic mass is 79.9. The smallest absolute Gasteiger partial charge is 0.338 e. The average Bonchev–Trinajstić information content (AvgIpc) is 3.42. The van der Waals surface area contributed by atoms with Gasteiger partial charge in [0.2, 0.25) is 0 Å². The van der Waals surface area contributed by atoms with Gasteiger partial charge in [0.05, 0.1) is 33.4 Å². The number of hydrogen-bond donors (Lipinski definition) is 0. The van der Waals surface area contributed by atoms with Crippen molar-refractivity contribution < 1.29 is 71.4 Å². The molecule has 2 saturated heterocycles. The van der Waals surface area contributed by atoms with Gasteiger partial charge in [-0.05, 0) is 79.2 Å². The van der Waals surface area contributed by atoms with E-state index in [4.69, 9.17) is 42.6 Å². The van der Waals surface area contributed by atoms with E-state index in [0.717, 1.165) is 0 Å². The first kappa shape index (κ1) is 49.9. The second-order valence-electron chi connectivity index (χ2n) is 16.2. The Morgan fingerprint density at radius 2 is 0.690 bits per heavy atom. The summed E-state index contributed by atoms with van der Waals surface area (Å²) in [4.78, 5) is 83.9. The topological polar surface area (TPSA) is 185 Å². The molecule has 0 N–H and O–H groups in total. The zero-order chi connectivity index (χ0) is 49.7. The van der Waals surface area contributed by atoms with Gasteiger partial charge in [0.25, 0.3) is 0 Å². The van der Waals surface area contributed by atoms with E-state index in [9.17, 15) is 28.8 Å². The number of rotatable bonds is 16. The molecule has 2 aliphatic heterocycles. The largest absolute Gasteiger partial charge is 0.459 e. The Hall–Kier alpha value is -7.50. The van der Waals surface area contributed by atoms with Crippen LogP contribution in [0.5, 0.6) is 0 Å². The molecule has 2 heterocycles.